The van der Waals surface area contributed by atoms with Gasteiger partial charge in [0.2, 0.25) is 0 Å². The highest BCUT2D eigenvalue weighted by Gasteiger charge is 2.15. The van der Waals surface area contributed by atoms with Gasteiger partial charge in [0.25, 0.3) is 0 Å². The maximum atomic E-state index is 4.33. The lowest BCUT2D eigenvalue weighted by Gasteiger charge is -2.22. The fourth-order valence-electron chi connectivity index (χ4n) is 1.69. The molecule has 2 rings (SSSR count). The van der Waals surface area contributed by atoms with Gasteiger partial charge in [0.1, 0.15) is 0 Å². The fraction of sp³-hybridized carbons (Fsp3) is 0.462. The van der Waals surface area contributed by atoms with Crippen LogP contribution in [0.1, 0.15) is 19.4 Å². The van der Waals surface area contributed by atoms with E-state index in [-0.39, 0.29) is 4.75 Å². The van der Waals surface area contributed by atoms with Gasteiger partial charge in [-0.25, -0.2) is 4.52 Å². The number of rotatable bonds is 5. The average Bonchev–Trinajstić information content (AvgIpc) is 2.73. The molecule has 1 N–H and O–H groups in total. The predicted molar refractivity (Wildman–Crippen MR) is 74.5 cm³/mol. The molecule has 0 bridgehead atoms. The Morgan fingerprint density at radius 2 is 2.24 bits per heavy atom. The highest BCUT2D eigenvalue weighted by atomic mass is 32.2. The molecule has 0 spiro atoms. The standard InChI is InChI=1S/C13H19N3S/c1-13(2,17-3)10-14-8-11-9-15-16-7-5-4-6-12(11)16/h4-7,9,14H,8,10H2,1-3H3. The summed E-state index contributed by atoms with van der Waals surface area (Å²) in [4.78, 5) is 0. The van der Waals surface area contributed by atoms with E-state index in [0.29, 0.717) is 0 Å². The number of hydrogen-bond acceptors (Lipinski definition) is 3. The SMILES string of the molecule is CSC(C)(C)CNCc1cnn2ccccc12. The number of thioether (sulfide) groups is 1. The molecule has 0 aromatic carbocycles. The molecule has 3 nitrogen and oxygen atoms in total. The molecule has 0 unspecified atom stereocenters. The summed E-state index contributed by atoms with van der Waals surface area (Å²) in [5.74, 6) is 0. The lowest BCUT2D eigenvalue weighted by Crippen LogP contribution is -2.31. The molecule has 2 aromatic heterocycles. The van der Waals surface area contributed by atoms with Crippen molar-refractivity contribution >= 4 is 17.3 Å². The van der Waals surface area contributed by atoms with Crippen LogP contribution in [0.15, 0.2) is 30.6 Å². The van der Waals surface area contributed by atoms with Crippen molar-refractivity contribution in [1.82, 2.24) is 14.9 Å². The van der Waals surface area contributed by atoms with Crippen LogP contribution < -0.4 is 5.32 Å². The Balaban J connectivity index is 2.00. The third-order valence-electron chi connectivity index (χ3n) is 2.93. The molecule has 0 amide bonds. The van der Waals surface area contributed by atoms with Crippen LogP contribution in [0.5, 0.6) is 0 Å². The zero-order valence-electron chi connectivity index (χ0n) is 10.6. The zero-order chi connectivity index (χ0) is 12.3. The molecule has 2 heterocycles. The van der Waals surface area contributed by atoms with Crippen LogP contribution in [-0.4, -0.2) is 27.2 Å². The summed E-state index contributed by atoms with van der Waals surface area (Å²) < 4.78 is 2.19. The first-order valence-corrected chi connectivity index (χ1v) is 7.02. The number of fused-ring (bicyclic) bond motifs is 1. The molecule has 0 aliphatic rings. The minimum atomic E-state index is 0.281. The Morgan fingerprint density at radius 1 is 1.41 bits per heavy atom. The maximum Gasteiger partial charge on any atom is 0.0706 e. The molecule has 17 heavy (non-hydrogen) atoms. The summed E-state index contributed by atoms with van der Waals surface area (Å²) in [6.45, 7) is 6.37. The molecule has 0 aliphatic heterocycles. The van der Waals surface area contributed by atoms with Crippen molar-refractivity contribution in [1.29, 1.82) is 0 Å². The second kappa shape index (κ2) is 5.10. The van der Waals surface area contributed by atoms with Crippen molar-refractivity contribution in [2.75, 3.05) is 12.8 Å². The fourth-order valence-corrected chi connectivity index (χ4v) is 1.94. The van der Waals surface area contributed by atoms with Gasteiger partial charge in [-0.1, -0.05) is 6.07 Å². The summed E-state index contributed by atoms with van der Waals surface area (Å²) in [6.07, 6.45) is 6.07. The van der Waals surface area contributed by atoms with Crippen LogP contribution in [0.2, 0.25) is 0 Å². The number of hydrogen-bond donors (Lipinski definition) is 1. The maximum absolute atomic E-state index is 4.33. The smallest absolute Gasteiger partial charge is 0.0706 e. The first kappa shape index (κ1) is 12.5. The summed E-state index contributed by atoms with van der Waals surface area (Å²) in [5.41, 5.74) is 2.43. The normalized spacial score (nSPS) is 12.2. The summed E-state index contributed by atoms with van der Waals surface area (Å²) >= 11 is 1.88. The first-order chi connectivity index (χ1) is 8.12. The minimum Gasteiger partial charge on any atom is -0.311 e. The monoisotopic (exact) mass is 249 g/mol. The Kier molecular flexibility index (Phi) is 3.74. The number of nitrogens with zero attached hydrogens (tertiary/aromatic N) is 2. The molecular formula is C13H19N3S. The number of pyridine rings is 1. The molecule has 0 saturated carbocycles. The third-order valence-corrected chi connectivity index (χ3v) is 4.17. The van der Waals surface area contributed by atoms with E-state index in [1.165, 1.54) is 11.1 Å². The Bertz CT molecular complexity index is 490. The predicted octanol–water partition coefficient (Wildman–Crippen LogP) is 2.57. The molecule has 0 radical (unpaired) electrons. The van der Waals surface area contributed by atoms with Crippen LogP contribution >= 0.6 is 11.8 Å². The van der Waals surface area contributed by atoms with E-state index in [9.17, 15) is 0 Å². The van der Waals surface area contributed by atoms with Crippen LogP contribution in [0.25, 0.3) is 5.52 Å². The highest BCUT2D eigenvalue weighted by molar-refractivity contribution is 7.99. The van der Waals surface area contributed by atoms with Gasteiger partial charge in [-0.2, -0.15) is 16.9 Å². The molecule has 0 atom stereocenters. The van der Waals surface area contributed by atoms with E-state index in [1.807, 2.05) is 40.8 Å². The van der Waals surface area contributed by atoms with E-state index < -0.39 is 0 Å². The lowest BCUT2D eigenvalue weighted by atomic mass is 10.2. The Labute approximate surface area is 107 Å². The second-order valence-corrected chi connectivity index (χ2v) is 6.28. The average molecular weight is 249 g/mol. The first-order valence-electron chi connectivity index (χ1n) is 5.79. The third kappa shape index (κ3) is 3.01. The van der Waals surface area contributed by atoms with Gasteiger partial charge in [0.15, 0.2) is 0 Å². The highest BCUT2D eigenvalue weighted by Crippen LogP contribution is 2.20. The molecule has 92 valence electrons. The van der Waals surface area contributed by atoms with Crippen molar-refractivity contribution in [3.63, 3.8) is 0 Å². The molecule has 2 aromatic rings. The largest absolute Gasteiger partial charge is 0.311 e. The summed E-state index contributed by atoms with van der Waals surface area (Å²) in [6, 6.07) is 6.14. The van der Waals surface area contributed by atoms with E-state index in [0.717, 1.165) is 13.1 Å². The van der Waals surface area contributed by atoms with Crippen LogP contribution in [0.3, 0.4) is 0 Å². The Morgan fingerprint density at radius 3 is 3.00 bits per heavy atom. The van der Waals surface area contributed by atoms with Crippen molar-refractivity contribution in [2.24, 2.45) is 0 Å². The van der Waals surface area contributed by atoms with Gasteiger partial charge >= 0.3 is 0 Å². The van der Waals surface area contributed by atoms with Crippen LogP contribution in [-0.2, 0) is 6.54 Å². The quantitative estimate of drug-likeness (QED) is 0.883. The zero-order valence-corrected chi connectivity index (χ0v) is 11.4. The van der Waals surface area contributed by atoms with Crippen molar-refractivity contribution in [3.8, 4) is 0 Å². The van der Waals surface area contributed by atoms with Gasteiger partial charge in [0, 0.05) is 29.6 Å². The molecule has 0 saturated heterocycles. The number of nitrogens with one attached hydrogen (secondary N) is 1. The van der Waals surface area contributed by atoms with Gasteiger partial charge < -0.3 is 5.32 Å². The van der Waals surface area contributed by atoms with E-state index in [2.05, 4.69) is 36.6 Å². The van der Waals surface area contributed by atoms with Gasteiger partial charge in [0.05, 0.1) is 11.7 Å². The van der Waals surface area contributed by atoms with Crippen molar-refractivity contribution < 1.29 is 0 Å². The Hall–Kier alpha value is -1.00. The molecular weight excluding hydrogens is 230 g/mol. The minimum absolute atomic E-state index is 0.281. The van der Waals surface area contributed by atoms with Crippen molar-refractivity contribution in [3.05, 3.63) is 36.2 Å². The molecule has 0 fully saturated rings. The summed E-state index contributed by atoms with van der Waals surface area (Å²) in [7, 11) is 0. The summed E-state index contributed by atoms with van der Waals surface area (Å²) in [5, 5.41) is 7.82. The van der Waals surface area contributed by atoms with Crippen LogP contribution in [0.4, 0.5) is 0 Å². The van der Waals surface area contributed by atoms with Gasteiger partial charge in [-0.05, 0) is 32.2 Å². The molecule has 0 aliphatic carbocycles. The van der Waals surface area contributed by atoms with E-state index in [4.69, 9.17) is 0 Å². The van der Waals surface area contributed by atoms with E-state index >= 15 is 0 Å². The topological polar surface area (TPSA) is 29.3 Å². The van der Waals surface area contributed by atoms with Gasteiger partial charge in [-0.3, -0.25) is 0 Å². The lowest BCUT2D eigenvalue weighted by molar-refractivity contribution is 0.592. The van der Waals surface area contributed by atoms with Crippen LogP contribution in [0, 0.1) is 0 Å². The number of aromatic nitrogens is 2. The van der Waals surface area contributed by atoms with Crippen molar-refractivity contribution in [2.45, 2.75) is 25.1 Å². The van der Waals surface area contributed by atoms with E-state index in [1.54, 1.807) is 0 Å². The molecule has 4 heteroatoms. The van der Waals surface area contributed by atoms with Gasteiger partial charge in [-0.15, -0.1) is 0 Å². The second-order valence-electron chi connectivity index (χ2n) is 4.77.